The van der Waals surface area contributed by atoms with Gasteiger partial charge in [-0.15, -0.1) is 0 Å². The molecule has 0 aliphatic carbocycles. The van der Waals surface area contributed by atoms with Gasteiger partial charge < -0.3 is 13.9 Å². The fourth-order valence-electron chi connectivity index (χ4n) is 2.93. The summed E-state index contributed by atoms with van der Waals surface area (Å²) in [6.07, 6.45) is 3.18. The molecule has 0 saturated carbocycles. The third kappa shape index (κ3) is 4.84. The summed E-state index contributed by atoms with van der Waals surface area (Å²) in [4.78, 5) is 20.0. The van der Waals surface area contributed by atoms with Gasteiger partial charge in [0.05, 0.1) is 19.2 Å². The van der Waals surface area contributed by atoms with Gasteiger partial charge in [-0.25, -0.2) is 18.2 Å². The molecule has 3 aromatic rings. The lowest BCUT2D eigenvalue weighted by atomic mass is 10.2. The number of para-hydroxylation sites is 1. The summed E-state index contributed by atoms with van der Waals surface area (Å²) in [6, 6.07) is 8.56. The molecular formula is C20H23N3O6S. The van der Waals surface area contributed by atoms with Crippen LogP contribution in [0.3, 0.4) is 0 Å². The van der Waals surface area contributed by atoms with E-state index in [-0.39, 0.29) is 29.6 Å². The van der Waals surface area contributed by atoms with Gasteiger partial charge in [-0.3, -0.25) is 4.98 Å². The zero-order valence-electron chi connectivity index (χ0n) is 16.8. The first kappa shape index (κ1) is 21.9. The molecule has 0 spiro atoms. The summed E-state index contributed by atoms with van der Waals surface area (Å²) in [5, 5.41) is 0.719. The maximum atomic E-state index is 13.5. The molecule has 160 valence electrons. The number of hydrogen-bond donors (Lipinski definition) is 0. The molecule has 0 aliphatic rings. The van der Waals surface area contributed by atoms with Crippen LogP contribution < -0.4 is 0 Å². The molecule has 0 saturated heterocycles. The minimum absolute atomic E-state index is 0.0222. The van der Waals surface area contributed by atoms with Crippen molar-refractivity contribution in [1.82, 2.24) is 14.3 Å². The van der Waals surface area contributed by atoms with Crippen LogP contribution in [0.4, 0.5) is 0 Å². The van der Waals surface area contributed by atoms with Crippen LogP contribution in [-0.2, 0) is 26.0 Å². The number of sulfonamides is 1. The van der Waals surface area contributed by atoms with Crippen molar-refractivity contribution in [2.24, 2.45) is 0 Å². The molecule has 10 heteroatoms. The Morgan fingerprint density at radius 1 is 1.23 bits per heavy atom. The van der Waals surface area contributed by atoms with Gasteiger partial charge in [0.2, 0.25) is 15.9 Å². The normalized spacial score (nSPS) is 11.8. The predicted molar refractivity (Wildman–Crippen MR) is 108 cm³/mol. The van der Waals surface area contributed by atoms with Crippen molar-refractivity contribution in [2.75, 3.05) is 26.9 Å². The van der Waals surface area contributed by atoms with Crippen LogP contribution in [0.15, 0.2) is 52.1 Å². The van der Waals surface area contributed by atoms with Crippen LogP contribution in [0.5, 0.6) is 0 Å². The maximum Gasteiger partial charge on any atom is 0.360 e. The topological polar surface area (TPSA) is 112 Å². The lowest BCUT2D eigenvalue weighted by Gasteiger charge is -2.21. The van der Waals surface area contributed by atoms with Gasteiger partial charge in [-0.05, 0) is 25.5 Å². The lowest BCUT2D eigenvalue weighted by Crippen LogP contribution is -2.32. The number of carbonyl (C=O) groups is 1. The van der Waals surface area contributed by atoms with Gasteiger partial charge in [0.15, 0.2) is 5.69 Å². The average Bonchev–Trinajstić information content (AvgIpc) is 3.23. The van der Waals surface area contributed by atoms with Crippen molar-refractivity contribution in [3.8, 4) is 0 Å². The van der Waals surface area contributed by atoms with E-state index in [1.807, 2.05) is 6.92 Å². The van der Waals surface area contributed by atoms with E-state index in [9.17, 15) is 13.2 Å². The third-order valence-corrected chi connectivity index (χ3v) is 6.25. The summed E-state index contributed by atoms with van der Waals surface area (Å²) in [7, 11) is -2.70. The quantitative estimate of drug-likeness (QED) is 0.354. The fraction of sp³-hybridized carbons (Fsp3) is 0.350. The van der Waals surface area contributed by atoms with E-state index in [1.54, 1.807) is 30.5 Å². The number of nitrogens with zero attached hydrogens (tertiary/aromatic N) is 3. The molecule has 0 N–H and O–H groups in total. The van der Waals surface area contributed by atoms with Gasteiger partial charge in [-0.1, -0.05) is 18.2 Å². The highest BCUT2D eigenvalue weighted by molar-refractivity contribution is 7.89. The summed E-state index contributed by atoms with van der Waals surface area (Å²) >= 11 is 0. The summed E-state index contributed by atoms with van der Waals surface area (Å²) in [5.41, 5.74) is 0.364. The number of carbonyl (C=O) groups excluding carboxylic acids is 1. The second-order valence-corrected chi connectivity index (χ2v) is 8.24. The minimum atomic E-state index is -3.93. The Morgan fingerprint density at radius 2 is 2.03 bits per heavy atom. The number of hydrogen-bond acceptors (Lipinski definition) is 8. The second kappa shape index (κ2) is 9.79. The Balaban J connectivity index is 1.93. The molecule has 0 atom stereocenters. The molecule has 2 heterocycles. The van der Waals surface area contributed by atoms with Crippen molar-refractivity contribution in [3.63, 3.8) is 0 Å². The predicted octanol–water partition coefficient (Wildman–Crippen LogP) is 2.63. The number of aromatic nitrogens is 2. The Hall–Kier alpha value is -2.82. The van der Waals surface area contributed by atoms with E-state index in [2.05, 4.69) is 14.7 Å². The maximum absolute atomic E-state index is 13.5. The highest BCUT2D eigenvalue weighted by Crippen LogP contribution is 2.25. The molecule has 0 amide bonds. The highest BCUT2D eigenvalue weighted by atomic mass is 32.2. The van der Waals surface area contributed by atoms with Crippen LogP contribution >= 0.6 is 0 Å². The van der Waals surface area contributed by atoms with Crippen molar-refractivity contribution in [1.29, 1.82) is 0 Å². The van der Waals surface area contributed by atoms with E-state index in [0.29, 0.717) is 25.2 Å². The highest BCUT2D eigenvalue weighted by Gasteiger charge is 2.28. The third-order valence-electron chi connectivity index (χ3n) is 4.37. The number of methoxy groups -OCH3 is 1. The van der Waals surface area contributed by atoms with Crippen molar-refractivity contribution in [2.45, 2.75) is 24.8 Å². The first-order valence-corrected chi connectivity index (χ1v) is 10.9. The number of esters is 1. The summed E-state index contributed by atoms with van der Waals surface area (Å²) in [5.74, 6) is -0.572. The van der Waals surface area contributed by atoms with Gasteiger partial charge in [0, 0.05) is 31.3 Å². The van der Waals surface area contributed by atoms with Crippen LogP contribution in [0.2, 0.25) is 0 Å². The van der Waals surface area contributed by atoms with Crippen LogP contribution in [0.25, 0.3) is 10.9 Å². The van der Waals surface area contributed by atoms with Crippen molar-refractivity contribution in [3.05, 3.63) is 54.4 Å². The van der Waals surface area contributed by atoms with E-state index < -0.39 is 16.0 Å². The van der Waals surface area contributed by atoms with Crippen LogP contribution in [0.1, 0.15) is 29.7 Å². The molecule has 0 bridgehead atoms. The lowest BCUT2D eigenvalue weighted by molar-refractivity contribution is 0.0594. The number of oxazole rings is 1. The SMILES string of the molecule is CCOCCCN(Cc1nc(C(=O)OC)co1)S(=O)(=O)c1cccc2cccnc12. The van der Waals surface area contributed by atoms with E-state index in [4.69, 9.17) is 9.15 Å². The fourth-order valence-corrected chi connectivity index (χ4v) is 4.52. The minimum Gasteiger partial charge on any atom is -0.464 e. The monoisotopic (exact) mass is 433 g/mol. The average molecular weight is 433 g/mol. The van der Waals surface area contributed by atoms with Gasteiger partial charge in [-0.2, -0.15) is 4.31 Å². The van der Waals surface area contributed by atoms with E-state index in [1.165, 1.54) is 17.5 Å². The zero-order valence-corrected chi connectivity index (χ0v) is 17.6. The second-order valence-electron chi connectivity index (χ2n) is 6.34. The Bertz CT molecular complexity index is 1110. The molecule has 0 fully saturated rings. The number of pyridine rings is 1. The van der Waals surface area contributed by atoms with Gasteiger partial charge in [0.25, 0.3) is 0 Å². The van der Waals surface area contributed by atoms with Crippen molar-refractivity contribution >= 4 is 26.9 Å². The first-order valence-electron chi connectivity index (χ1n) is 9.41. The van der Waals surface area contributed by atoms with Gasteiger partial charge in [0.1, 0.15) is 11.2 Å². The van der Waals surface area contributed by atoms with Crippen LogP contribution in [0, 0.1) is 0 Å². The molecule has 2 aromatic heterocycles. The summed E-state index contributed by atoms with van der Waals surface area (Å²) in [6.45, 7) is 2.87. The van der Waals surface area contributed by atoms with E-state index >= 15 is 0 Å². The Labute approximate surface area is 174 Å². The number of benzene rings is 1. The molecular weight excluding hydrogens is 410 g/mol. The van der Waals surface area contributed by atoms with E-state index in [0.717, 1.165) is 11.6 Å². The first-order chi connectivity index (χ1) is 14.5. The number of rotatable bonds is 10. The Kier molecular flexibility index (Phi) is 7.14. The van der Waals surface area contributed by atoms with Crippen molar-refractivity contribution < 1.29 is 27.1 Å². The zero-order chi connectivity index (χ0) is 21.6. The molecule has 1 aromatic carbocycles. The standard InChI is InChI=1S/C20H23N3O6S/c1-3-28-12-6-11-23(13-18-22-16(14-29-18)20(24)27-2)30(25,26)17-9-4-7-15-8-5-10-21-19(15)17/h4-5,7-10,14H,3,6,11-13H2,1-2H3. The summed E-state index contributed by atoms with van der Waals surface area (Å²) < 4.78 is 43.5. The van der Waals surface area contributed by atoms with Gasteiger partial charge >= 0.3 is 5.97 Å². The molecule has 0 unspecified atom stereocenters. The molecule has 30 heavy (non-hydrogen) atoms. The number of fused-ring (bicyclic) bond motifs is 1. The largest absolute Gasteiger partial charge is 0.464 e. The molecule has 0 aliphatic heterocycles. The smallest absolute Gasteiger partial charge is 0.360 e. The van der Waals surface area contributed by atoms with Crippen LogP contribution in [-0.4, -0.2) is 55.5 Å². The molecule has 9 nitrogen and oxygen atoms in total. The number of ether oxygens (including phenoxy) is 2. The Morgan fingerprint density at radius 3 is 2.80 bits per heavy atom. The molecule has 3 rings (SSSR count). The molecule has 0 radical (unpaired) electrons.